The van der Waals surface area contributed by atoms with Gasteiger partial charge in [0.05, 0.1) is 23.7 Å². The van der Waals surface area contributed by atoms with Crippen LogP contribution in [-0.2, 0) is 7.05 Å². The van der Waals surface area contributed by atoms with Crippen molar-refractivity contribution in [2.45, 2.75) is 20.0 Å². The lowest BCUT2D eigenvalue weighted by Crippen LogP contribution is -2.29. The lowest BCUT2D eigenvalue weighted by atomic mass is 10.1. The zero-order valence-corrected chi connectivity index (χ0v) is 18.1. The Morgan fingerprint density at radius 1 is 1.46 bits per heavy atom. The van der Waals surface area contributed by atoms with Crippen LogP contribution in [0.5, 0.6) is 5.88 Å². The minimum absolute atomic E-state index is 0.0390. The van der Waals surface area contributed by atoms with Gasteiger partial charge >= 0.3 is 0 Å². The zero-order valence-electron chi connectivity index (χ0n) is 15.0. The summed E-state index contributed by atoms with van der Waals surface area (Å²) in [4.78, 5) is 0. The highest BCUT2D eigenvalue weighted by Crippen LogP contribution is 2.35. The first-order valence-electron chi connectivity index (χ1n) is 8.34. The molecule has 3 aromatic rings. The molecule has 2 atom stereocenters. The zero-order chi connectivity index (χ0) is 18.7. The van der Waals surface area contributed by atoms with Crippen molar-refractivity contribution >= 4 is 39.3 Å². The van der Waals surface area contributed by atoms with Crippen molar-refractivity contribution in [2.24, 2.45) is 7.05 Å². The summed E-state index contributed by atoms with van der Waals surface area (Å²) in [6.07, 6.45) is 8.02. The predicted molar refractivity (Wildman–Crippen MR) is 116 cm³/mol. The van der Waals surface area contributed by atoms with Gasteiger partial charge in [0.25, 0.3) is 0 Å². The number of ether oxygens (including phenoxy) is 1. The second-order valence-electron chi connectivity index (χ2n) is 5.94. The molecule has 136 valence electrons. The Hall–Kier alpha value is -1.62. The summed E-state index contributed by atoms with van der Waals surface area (Å²) in [6.45, 7) is 5.82. The van der Waals surface area contributed by atoms with Crippen molar-refractivity contribution in [1.82, 2.24) is 24.6 Å². The maximum absolute atomic E-state index is 6.14. The van der Waals surface area contributed by atoms with Gasteiger partial charge in [-0.2, -0.15) is 10.2 Å². The molecule has 0 aliphatic rings. The fraction of sp³-hybridized carbons (Fsp3) is 0.333. The highest BCUT2D eigenvalue weighted by Gasteiger charge is 2.17. The molecule has 0 aliphatic heterocycles. The van der Waals surface area contributed by atoms with E-state index in [4.69, 9.17) is 11.2 Å². The Bertz CT molecular complexity index is 959. The van der Waals surface area contributed by atoms with Crippen molar-refractivity contribution in [1.29, 1.82) is 0 Å². The molecule has 0 saturated carbocycles. The van der Waals surface area contributed by atoms with E-state index in [1.54, 1.807) is 4.68 Å². The van der Waals surface area contributed by atoms with E-state index in [0.29, 0.717) is 12.1 Å². The molecule has 2 aromatic heterocycles. The highest BCUT2D eigenvalue weighted by molar-refractivity contribution is 14.2. The lowest BCUT2D eigenvalue weighted by Gasteiger charge is -2.16. The van der Waals surface area contributed by atoms with Crippen molar-refractivity contribution < 1.29 is 4.74 Å². The number of fused-ring (bicyclic) bond motifs is 1. The van der Waals surface area contributed by atoms with Crippen LogP contribution in [0.3, 0.4) is 0 Å². The Labute approximate surface area is 168 Å². The van der Waals surface area contributed by atoms with Gasteiger partial charge in [0.2, 0.25) is 5.88 Å². The van der Waals surface area contributed by atoms with E-state index in [2.05, 4.69) is 68.6 Å². The first-order valence-corrected chi connectivity index (χ1v) is 12.4. The maximum Gasteiger partial charge on any atom is 0.219 e. The largest absolute Gasteiger partial charge is 0.473 e. The van der Waals surface area contributed by atoms with Crippen LogP contribution < -0.4 is 10.1 Å². The lowest BCUT2D eigenvalue weighted by molar-refractivity contribution is 0.201. The van der Waals surface area contributed by atoms with Crippen LogP contribution >= 0.6 is 28.4 Å². The summed E-state index contributed by atoms with van der Waals surface area (Å²) in [5.41, 5.74) is 3.67. The van der Waals surface area contributed by atoms with Crippen LogP contribution in [0.1, 0.15) is 19.5 Å². The number of terminal acetylenes is 1. The number of benzene rings is 1. The van der Waals surface area contributed by atoms with Gasteiger partial charge in [0, 0.05) is 19.0 Å². The molecule has 1 N–H and O–H groups in total. The van der Waals surface area contributed by atoms with Gasteiger partial charge in [-0.3, -0.25) is 0 Å². The van der Waals surface area contributed by atoms with E-state index in [9.17, 15) is 0 Å². The molecule has 0 amide bonds. The molecule has 0 radical (unpaired) electrons. The molecule has 8 heteroatoms. The SMILES string of the molecule is C#Cc1nn(PI)c2ccc(-c3cnn(C)c3OC(C)CNCC)cc12. The van der Waals surface area contributed by atoms with E-state index < -0.39 is 0 Å². The number of nitrogens with one attached hydrogen (secondary N) is 1. The molecule has 3 rings (SSSR count). The molecule has 0 saturated heterocycles. The van der Waals surface area contributed by atoms with E-state index in [0.717, 1.165) is 41.0 Å². The van der Waals surface area contributed by atoms with Gasteiger partial charge in [0.15, 0.2) is 0 Å². The van der Waals surface area contributed by atoms with Crippen molar-refractivity contribution in [2.75, 3.05) is 13.1 Å². The topological polar surface area (TPSA) is 56.9 Å². The number of likely N-dealkylation sites (N-methyl/N-ethyl adjacent to an activating group) is 1. The van der Waals surface area contributed by atoms with Gasteiger partial charge in [-0.1, -0.05) is 13.0 Å². The standard InChI is InChI=1S/C18H21IN5OP/c1-5-16-14-9-13(7-8-17(14)24(22-16)26-19)15-11-21-23(4)18(15)25-12(3)10-20-6-2/h1,7-9,11-12,20,26H,6,10H2,2-4H3. The molecule has 2 unspecified atom stereocenters. The molecule has 26 heavy (non-hydrogen) atoms. The van der Waals surface area contributed by atoms with Gasteiger partial charge < -0.3 is 10.1 Å². The fourth-order valence-corrected chi connectivity index (χ4v) is 4.33. The fourth-order valence-electron chi connectivity index (χ4n) is 2.80. The summed E-state index contributed by atoms with van der Waals surface area (Å²) < 4.78 is 9.85. The molecule has 2 heterocycles. The first kappa shape index (κ1) is 19.2. The number of aryl methyl sites for hydroxylation is 1. The van der Waals surface area contributed by atoms with Crippen molar-refractivity contribution in [3.8, 4) is 29.4 Å². The number of aromatic nitrogens is 4. The summed E-state index contributed by atoms with van der Waals surface area (Å²) in [5.74, 6) is 3.44. The van der Waals surface area contributed by atoms with Gasteiger partial charge in [-0.05, 0) is 59.1 Å². The summed E-state index contributed by atoms with van der Waals surface area (Å²) in [7, 11) is 1.89. The Kier molecular flexibility index (Phi) is 6.17. The van der Waals surface area contributed by atoms with Crippen LogP contribution in [0.25, 0.3) is 22.0 Å². The third-order valence-electron chi connectivity index (χ3n) is 4.09. The average molecular weight is 481 g/mol. The van der Waals surface area contributed by atoms with Crippen LogP contribution in [-0.4, -0.2) is 38.5 Å². The number of hydrogen-bond acceptors (Lipinski definition) is 4. The molecule has 0 fully saturated rings. The predicted octanol–water partition coefficient (Wildman–Crippen LogP) is 3.59. The number of hydrogen-bond donors (Lipinski definition) is 1. The Balaban J connectivity index is 2.01. The molecule has 0 bridgehead atoms. The molecule has 6 nitrogen and oxygen atoms in total. The molecular weight excluding hydrogens is 460 g/mol. The third kappa shape index (κ3) is 3.73. The number of halogens is 1. The number of nitrogens with zero attached hydrogens (tertiary/aromatic N) is 4. The van der Waals surface area contributed by atoms with E-state index in [-0.39, 0.29) is 6.10 Å². The van der Waals surface area contributed by atoms with E-state index in [1.807, 2.05) is 24.6 Å². The van der Waals surface area contributed by atoms with Crippen molar-refractivity contribution in [3.05, 3.63) is 30.1 Å². The smallest absolute Gasteiger partial charge is 0.219 e. The monoisotopic (exact) mass is 481 g/mol. The quantitative estimate of drug-likeness (QED) is 0.319. The third-order valence-corrected chi connectivity index (χ3v) is 5.96. The first-order chi connectivity index (χ1) is 12.6. The summed E-state index contributed by atoms with van der Waals surface area (Å²) in [6, 6.07) is 6.20. The molecule has 0 spiro atoms. The second-order valence-corrected chi connectivity index (χ2v) is 7.98. The van der Waals surface area contributed by atoms with E-state index >= 15 is 0 Å². The Morgan fingerprint density at radius 2 is 2.27 bits per heavy atom. The number of rotatable bonds is 7. The molecule has 1 aromatic carbocycles. The summed E-state index contributed by atoms with van der Waals surface area (Å²) >= 11 is 2.30. The van der Waals surface area contributed by atoms with E-state index in [1.165, 1.54) is 0 Å². The van der Waals surface area contributed by atoms with Crippen LogP contribution in [0.2, 0.25) is 0 Å². The van der Waals surface area contributed by atoms with Crippen LogP contribution in [0, 0.1) is 12.3 Å². The Morgan fingerprint density at radius 3 is 2.96 bits per heavy atom. The molecular formula is C18H21IN5OP. The average Bonchev–Trinajstić information content (AvgIpc) is 3.20. The van der Waals surface area contributed by atoms with Gasteiger partial charge in [0.1, 0.15) is 11.8 Å². The normalized spacial score (nSPS) is 12.7. The molecule has 0 aliphatic carbocycles. The van der Waals surface area contributed by atoms with Gasteiger partial charge in [-0.25, -0.2) is 9.13 Å². The second kappa shape index (κ2) is 8.38. The van der Waals surface area contributed by atoms with Crippen molar-refractivity contribution in [3.63, 3.8) is 0 Å². The van der Waals surface area contributed by atoms with Crippen LogP contribution in [0.4, 0.5) is 0 Å². The minimum Gasteiger partial charge on any atom is -0.473 e. The van der Waals surface area contributed by atoms with Crippen LogP contribution in [0.15, 0.2) is 24.4 Å². The maximum atomic E-state index is 6.14. The van der Waals surface area contributed by atoms with Gasteiger partial charge in [-0.15, -0.1) is 6.42 Å². The highest BCUT2D eigenvalue weighted by atomic mass is 127. The minimum atomic E-state index is 0.0390. The summed E-state index contributed by atoms with van der Waals surface area (Å²) in [5, 5.41) is 13.2.